The molecule has 0 aromatic heterocycles. The van der Waals surface area contributed by atoms with E-state index in [9.17, 15) is 35.9 Å². The first kappa shape index (κ1) is 18.5. The molecule has 0 unspecified atom stereocenters. The maximum Gasteiger partial charge on any atom is 0.416 e. The average Bonchev–Trinajstić information content (AvgIpc) is 2.40. The van der Waals surface area contributed by atoms with Crippen LogP contribution < -0.4 is 5.32 Å². The van der Waals surface area contributed by atoms with Gasteiger partial charge in [0.15, 0.2) is 0 Å². The Kier molecular flexibility index (Phi) is 5.41. The van der Waals surface area contributed by atoms with Crippen LogP contribution in [0.4, 0.5) is 26.3 Å². The maximum atomic E-state index is 12.6. The van der Waals surface area contributed by atoms with Crippen LogP contribution in [0.3, 0.4) is 0 Å². The first-order chi connectivity index (χ1) is 10.4. The van der Waals surface area contributed by atoms with Crippen LogP contribution in [0.5, 0.6) is 0 Å². The number of rotatable bonds is 4. The van der Waals surface area contributed by atoms with Crippen LogP contribution in [0.15, 0.2) is 24.3 Å². The summed E-state index contributed by atoms with van der Waals surface area (Å²) in [5.41, 5.74) is -2.16. The SMILES string of the molecule is O=C(O)C=Cc1cc(C(F)(F)F)ccc1C(=O)NCC(F)(F)F. The standard InChI is InChI=1S/C13H9F6NO3/c14-12(15,16)6-20-11(23)9-3-2-8(13(17,18)19)5-7(9)1-4-10(21)22/h1-5H,6H2,(H,20,23)(H,21,22). The van der Waals surface area contributed by atoms with E-state index >= 15 is 0 Å². The molecule has 0 radical (unpaired) electrons. The van der Waals surface area contributed by atoms with Crippen LogP contribution >= 0.6 is 0 Å². The zero-order valence-electron chi connectivity index (χ0n) is 11.1. The minimum absolute atomic E-state index is 0.468. The van der Waals surface area contributed by atoms with Gasteiger partial charge in [-0.1, -0.05) is 0 Å². The van der Waals surface area contributed by atoms with Gasteiger partial charge < -0.3 is 10.4 Å². The van der Waals surface area contributed by atoms with E-state index in [1.807, 2.05) is 0 Å². The van der Waals surface area contributed by atoms with Crippen molar-refractivity contribution in [3.63, 3.8) is 0 Å². The summed E-state index contributed by atoms with van der Waals surface area (Å²) in [5, 5.41) is 9.98. The lowest BCUT2D eigenvalue weighted by Crippen LogP contribution is -2.34. The molecule has 0 saturated carbocycles. The van der Waals surface area contributed by atoms with E-state index in [-0.39, 0.29) is 0 Å². The molecular weight excluding hydrogens is 332 g/mol. The van der Waals surface area contributed by atoms with Crippen molar-refractivity contribution >= 4 is 18.0 Å². The number of carbonyl (C=O) groups excluding carboxylic acids is 1. The van der Waals surface area contributed by atoms with Crippen molar-refractivity contribution in [2.45, 2.75) is 12.4 Å². The van der Waals surface area contributed by atoms with Gasteiger partial charge in [0.2, 0.25) is 0 Å². The lowest BCUT2D eigenvalue weighted by Gasteiger charge is -2.12. The van der Waals surface area contributed by atoms with Crippen molar-refractivity contribution in [2.75, 3.05) is 6.54 Å². The third kappa shape index (κ3) is 6.01. The zero-order valence-corrected chi connectivity index (χ0v) is 11.1. The summed E-state index contributed by atoms with van der Waals surface area (Å²) in [5.74, 6) is -2.77. The average molecular weight is 341 g/mol. The topological polar surface area (TPSA) is 66.4 Å². The second-order valence-electron chi connectivity index (χ2n) is 4.27. The molecule has 0 aliphatic carbocycles. The van der Waals surface area contributed by atoms with Crippen molar-refractivity contribution in [2.24, 2.45) is 0 Å². The van der Waals surface area contributed by atoms with Crippen LogP contribution in [0.1, 0.15) is 21.5 Å². The number of amides is 1. The highest BCUT2D eigenvalue weighted by Crippen LogP contribution is 2.31. The molecule has 1 amide bonds. The molecule has 4 nitrogen and oxygen atoms in total. The van der Waals surface area contributed by atoms with Crippen molar-refractivity contribution in [1.82, 2.24) is 5.32 Å². The van der Waals surface area contributed by atoms with Gasteiger partial charge in [0.25, 0.3) is 5.91 Å². The number of hydrogen-bond donors (Lipinski definition) is 2. The fourth-order valence-corrected chi connectivity index (χ4v) is 1.52. The third-order valence-electron chi connectivity index (χ3n) is 2.48. The highest BCUT2D eigenvalue weighted by Gasteiger charge is 2.32. The molecule has 0 bridgehead atoms. The second-order valence-corrected chi connectivity index (χ2v) is 4.27. The van der Waals surface area contributed by atoms with E-state index in [1.165, 1.54) is 5.32 Å². The van der Waals surface area contributed by atoms with Gasteiger partial charge in [-0.25, -0.2) is 4.79 Å². The smallest absolute Gasteiger partial charge is 0.416 e. The van der Waals surface area contributed by atoms with Gasteiger partial charge in [-0.3, -0.25) is 4.79 Å². The van der Waals surface area contributed by atoms with Gasteiger partial charge in [-0.2, -0.15) is 26.3 Å². The van der Waals surface area contributed by atoms with Gasteiger partial charge in [-0.05, 0) is 29.8 Å². The van der Waals surface area contributed by atoms with E-state index < -0.39 is 47.5 Å². The number of carboxylic acid groups (broad SMARTS) is 1. The summed E-state index contributed by atoms with van der Waals surface area (Å²) in [4.78, 5) is 22.1. The van der Waals surface area contributed by atoms with E-state index in [4.69, 9.17) is 5.11 Å². The minimum Gasteiger partial charge on any atom is -0.478 e. The summed E-state index contributed by atoms with van der Waals surface area (Å²) < 4.78 is 74.0. The molecule has 0 atom stereocenters. The molecule has 0 fully saturated rings. The Labute approximate surface area is 125 Å². The van der Waals surface area contributed by atoms with Crippen LogP contribution in [0.25, 0.3) is 6.08 Å². The summed E-state index contributed by atoms with van der Waals surface area (Å²) in [6.45, 7) is -1.67. The molecule has 126 valence electrons. The monoisotopic (exact) mass is 341 g/mol. The Balaban J connectivity index is 3.19. The summed E-state index contributed by atoms with van der Waals surface area (Å²) >= 11 is 0. The first-order valence-corrected chi connectivity index (χ1v) is 5.87. The molecule has 0 aliphatic rings. The van der Waals surface area contributed by atoms with Gasteiger partial charge in [-0.15, -0.1) is 0 Å². The predicted molar refractivity (Wildman–Crippen MR) is 66.5 cm³/mol. The normalized spacial score (nSPS) is 12.4. The fourth-order valence-electron chi connectivity index (χ4n) is 1.52. The lowest BCUT2D eigenvalue weighted by atomic mass is 10.0. The Hall–Kier alpha value is -2.52. The lowest BCUT2D eigenvalue weighted by molar-refractivity contribution is -0.137. The number of aliphatic carboxylic acids is 1. The van der Waals surface area contributed by atoms with Crippen LogP contribution in [-0.4, -0.2) is 29.7 Å². The zero-order chi connectivity index (χ0) is 17.8. The number of carbonyl (C=O) groups is 2. The van der Waals surface area contributed by atoms with E-state index in [1.54, 1.807) is 0 Å². The molecular formula is C13H9F6NO3. The summed E-state index contributed by atoms with van der Waals surface area (Å²) in [6, 6.07) is 1.67. The molecule has 1 aromatic rings. The van der Waals surface area contributed by atoms with Crippen molar-refractivity contribution in [1.29, 1.82) is 0 Å². The van der Waals surface area contributed by atoms with Crippen molar-refractivity contribution < 1.29 is 41.0 Å². The number of halogens is 6. The Morgan fingerprint density at radius 1 is 1.13 bits per heavy atom. The highest BCUT2D eigenvalue weighted by atomic mass is 19.4. The Morgan fingerprint density at radius 2 is 1.74 bits per heavy atom. The van der Waals surface area contributed by atoms with Crippen molar-refractivity contribution in [3.8, 4) is 0 Å². The fraction of sp³-hybridized carbons (Fsp3) is 0.231. The van der Waals surface area contributed by atoms with Gasteiger partial charge in [0.05, 0.1) is 5.56 Å². The van der Waals surface area contributed by atoms with Gasteiger partial charge in [0.1, 0.15) is 6.54 Å². The number of alkyl halides is 6. The Bertz CT molecular complexity index is 634. The largest absolute Gasteiger partial charge is 0.478 e. The molecule has 0 spiro atoms. The second kappa shape index (κ2) is 6.71. The molecule has 23 heavy (non-hydrogen) atoms. The summed E-state index contributed by atoms with van der Waals surface area (Å²) in [6.07, 6.45) is -8.29. The van der Waals surface area contributed by atoms with E-state index in [2.05, 4.69) is 0 Å². The maximum absolute atomic E-state index is 12.6. The number of carboxylic acids is 1. The van der Waals surface area contributed by atoms with Gasteiger partial charge in [0, 0.05) is 11.6 Å². The van der Waals surface area contributed by atoms with E-state index in [0.29, 0.717) is 30.4 Å². The van der Waals surface area contributed by atoms with E-state index in [0.717, 1.165) is 0 Å². The number of nitrogens with one attached hydrogen (secondary N) is 1. The third-order valence-corrected chi connectivity index (χ3v) is 2.48. The Morgan fingerprint density at radius 3 is 2.22 bits per heavy atom. The van der Waals surface area contributed by atoms with Gasteiger partial charge >= 0.3 is 18.3 Å². The highest BCUT2D eigenvalue weighted by molar-refractivity contribution is 5.99. The minimum atomic E-state index is -4.76. The predicted octanol–water partition coefficient (Wildman–Crippen LogP) is 3.10. The summed E-state index contributed by atoms with van der Waals surface area (Å²) in [7, 11) is 0. The van der Waals surface area contributed by atoms with Crippen LogP contribution in [-0.2, 0) is 11.0 Å². The molecule has 0 heterocycles. The van der Waals surface area contributed by atoms with Crippen LogP contribution in [0, 0.1) is 0 Å². The quantitative estimate of drug-likeness (QED) is 0.653. The molecule has 0 aliphatic heterocycles. The molecule has 2 N–H and O–H groups in total. The van der Waals surface area contributed by atoms with Crippen molar-refractivity contribution in [3.05, 3.63) is 41.0 Å². The molecule has 1 rings (SSSR count). The van der Waals surface area contributed by atoms with Crippen LogP contribution in [0.2, 0.25) is 0 Å². The first-order valence-electron chi connectivity index (χ1n) is 5.87. The molecule has 10 heteroatoms. The molecule has 0 saturated heterocycles. The molecule has 1 aromatic carbocycles. The number of benzene rings is 1. The number of hydrogen-bond acceptors (Lipinski definition) is 2.